The lowest BCUT2D eigenvalue weighted by Crippen LogP contribution is -2.22. The van der Waals surface area contributed by atoms with Crippen LogP contribution in [0.15, 0.2) is 24.4 Å². The van der Waals surface area contributed by atoms with Crippen LogP contribution in [0.2, 0.25) is 0 Å². The smallest absolute Gasteiger partial charge is 0.333 e. The van der Waals surface area contributed by atoms with E-state index in [-0.39, 0.29) is 5.69 Å². The van der Waals surface area contributed by atoms with Crippen LogP contribution in [0.5, 0.6) is 0 Å². The van der Waals surface area contributed by atoms with Crippen LogP contribution >= 0.6 is 0 Å². The van der Waals surface area contributed by atoms with Crippen molar-refractivity contribution in [1.29, 1.82) is 0 Å². The van der Waals surface area contributed by atoms with Gasteiger partial charge in [-0.1, -0.05) is 6.07 Å². The van der Waals surface area contributed by atoms with Crippen molar-refractivity contribution in [3.63, 3.8) is 0 Å². The minimum Gasteiger partial charge on any atom is -0.347 e. The van der Waals surface area contributed by atoms with Gasteiger partial charge in [-0.15, -0.1) is 10.2 Å². The number of nitrogens with zero attached hydrogens (tertiary/aromatic N) is 7. The molecule has 0 atom stereocenters. The lowest BCUT2D eigenvalue weighted by atomic mass is 10.3. The molecule has 9 nitrogen and oxygen atoms in total. The summed E-state index contributed by atoms with van der Waals surface area (Å²) in [5.74, 6) is 1.14. The van der Waals surface area contributed by atoms with Crippen molar-refractivity contribution in [2.75, 3.05) is 11.9 Å². The molecular formula is C13H15N7O2. The molecule has 22 heavy (non-hydrogen) atoms. The van der Waals surface area contributed by atoms with Crippen LogP contribution in [0.1, 0.15) is 11.5 Å². The fraction of sp³-hybridized carbons (Fsp3) is 0.308. The second-order valence-electron chi connectivity index (χ2n) is 5.04. The first-order chi connectivity index (χ1) is 10.5. The van der Waals surface area contributed by atoms with Crippen molar-refractivity contribution in [1.82, 2.24) is 24.4 Å². The number of rotatable bonds is 4. The molecule has 0 unspecified atom stereocenters. The summed E-state index contributed by atoms with van der Waals surface area (Å²) in [7, 11) is 3.46. The van der Waals surface area contributed by atoms with E-state index in [1.807, 2.05) is 28.8 Å². The summed E-state index contributed by atoms with van der Waals surface area (Å²) in [6.45, 7) is 2.01. The molecule has 0 bridgehead atoms. The molecule has 0 aromatic carbocycles. The second kappa shape index (κ2) is 5.10. The summed E-state index contributed by atoms with van der Waals surface area (Å²) in [5.41, 5.74) is 1.14. The van der Waals surface area contributed by atoms with Gasteiger partial charge in [0.1, 0.15) is 5.69 Å². The highest BCUT2D eigenvalue weighted by molar-refractivity contribution is 5.60. The van der Waals surface area contributed by atoms with Crippen molar-refractivity contribution in [2.45, 2.75) is 13.5 Å². The monoisotopic (exact) mass is 301 g/mol. The highest BCUT2D eigenvalue weighted by atomic mass is 16.6. The van der Waals surface area contributed by atoms with Crippen molar-refractivity contribution in [3.05, 3.63) is 46.0 Å². The first-order valence-corrected chi connectivity index (χ1v) is 6.67. The summed E-state index contributed by atoms with van der Waals surface area (Å²) in [5, 5.41) is 23.6. The van der Waals surface area contributed by atoms with E-state index in [0.717, 1.165) is 5.65 Å². The molecule has 3 heterocycles. The highest BCUT2D eigenvalue weighted by Gasteiger charge is 2.27. The maximum absolute atomic E-state index is 11.3. The lowest BCUT2D eigenvalue weighted by molar-refractivity contribution is -0.384. The molecule has 3 aromatic heterocycles. The Kier molecular flexibility index (Phi) is 3.24. The molecular weight excluding hydrogens is 286 g/mol. The van der Waals surface area contributed by atoms with E-state index in [1.165, 1.54) is 4.68 Å². The van der Waals surface area contributed by atoms with Crippen molar-refractivity contribution in [2.24, 2.45) is 7.05 Å². The van der Waals surface area contributed by atoms with Crippen molar-refractivity contribution < 1.29 is 4.92 Å². The molecule has 0 aliphatic carbocycles. The number of aryl methyl sites for hydroxylation is 2. The first kappa shape index (κ1) is 14.0. The maximum Gasteiger partial charge on any atom is 0.333 e. The zero-order valence-corrected chi connectivity index (χ0v) is 12.5. The molecule has 0 fully saturated rings. The van der Waals surface area contributed by atoms with Crippen molar-refractivity contribution >= 4 is 17.2 Å². The van der Waals surface area contributed by atoms with Gasteiger partial charge in [0.05, 0.1) is 11.5 Å². The number of hydrogen-bond donors (Lipinski definition) is 0. The van der Waals surface area contributed by atoms with Gasteiger partial charge >= 0.3 is 5.69 Å². The molecule has 0 spiro atoms. The van der Waals surface area contributed by atoms with Crippen LogP contribution in [0.25, 0.3) is 5.65 Å². The van der Waals surface area contributed by atoms with Crippen LogP contribution in [-0.4, -0.2) is 36.3 Å². The minimum atomic E-state index is -0.407. The van der Waals surface area contributed by atoms with E-state index < -0.39 is 4.92 Å². The average Bonchev–Trinajstić information content (AvgIpc) is 3.00. The predicted octanol–water partition coefficient (Wildman–Crippen LogP) is 1.32. The molecule has 0 radical (unpaired) electrons. The summed E-state index contributed by atoms with van der Waals surface area (Å²) < 4.78 is 3.36. The van der Waals surface area contributed by atoms with E-state index in [1.54, 1.807) is 25.9 Å². The zero-order chi connectivity index (χ0) is 15.9. The molecule has 0 amide bonds. The normalized spacial score (nSPS) is 11.0. The van der Waals surface area contributed by atoms with Gasteiger partial charge in [-0.05, 0) is 19.1 Å². The van der Waals surface area contributed by atoms with Gasteiger partial charge in [0.15, 0.2) is 11.5 Å². The van der Waals surface area contributed by atoms with E-state index in [9.17, 15) is 10.1 Å². The number of aromatic nitrogens is 5. The Balaban J connectivity index is 1.99. The third-order valence-electron chi connectivity index (χ3n) is 3.47. The SMILES string of the molecule is Cc1nn(C)c(N(C)Cc2nnc3ccccn23)c1[N+](=O)[O-]. The largest absolute Gasteiger partial charge is 0.347 e. The van der Waals surface area contributed by atoms with E-state index in [2.05, 4.69) is 15.3 Å². The first-order valence-electron chi connectivity index (χ1n) is 6.67. The Morgan fingerprint density at radius 2 is 2.14 bits per heavy atom. The zero-order valence-electron chi connectivity index (χ0n) is 12.5. The Morgan fingerprint density at radius 1 is 1.36 bits per heavy atom. The Morgan fingerprint density at radius 3 is 2.86 bits per heavy atom. The number of anilines is 1. The topological polar surface area (TPSA) is 94.4 Å². The molecule has 114 valence electrons. The number of hydrogen-bond acceptors (Lipinski definition) is 6. The van der Waals surface area contributed by atoms with Crippen LogP contribution in [0.4, 0.5) is 11.5 Å². The Hall–Kier alpha value is -2.97. The molecule has 0 aliphatic heterocycles. The van der Waals surface area contributed by atoms with Crippen LogP contribution < -0.4 is 4.90 Å². The molecule has 0 saturated carbocycles. The molecule has 3 aromatic rings. The summed E-state index contributed by atoms with van der Waals surface area (Å²) in [6.07, 6.45) is 1.86. The third kappa shape index (κ3) is 2.16. The fourth-order valence-corrected chi connectivity index (χ4v) is 2.56. The third-order valence-corrected chi connectivity index (χ3v) is 3.47. The Labute approximate surface area is 125 Å². The van der Waals surface area contributed by atoms with Crippen LogP contribution in [0, 0.1) is 17.0 Å². The van der Waals surface area contributed by atoms with Crippen molar-refractivity contribution in [3.8, 4) is 0 Å². The Bertz CT molecular complexity index is 851. The summed E-state index contributed by atoms with van der Waals surface area (Å²) in [4.78, 5) is 12.6. The predicted molar refractivity (Wildman–Crippen MR) is 79.7 cm³/mol. The van der Waals surface area contributed by atoms with E-state index in [0.29, 0.717) is 23.9 Å². The minimum absolute atomic E-state index is 0.0128. The van der Waals surface area contributed by atoms with Gasteiger partial charge in [0.2, 0.25) is 5.82 Å². The molecule has 9 heteroatoms. The molecule has 3 rings (SSSR count). The number of fused-ring (bicyclic) bond motifs is 1. The lowest BCUT2D eigenvalue weighted by Gasteiger charge is -2.17. The second-order valence-corrected chi connectivity index (χ2v) is 5.04. The summed E-state index contributed by atoms with van der Waals surface area (Å²) >= 11 is 0. The quantitative estimate of drug-likeness (QED) is 0.533. The highest BCUT2D eigenvalue weighted by Crippen LogP contribution is 2.30. The van der Waals surface area contributed by atoms with Gasteiger partial charge in [-0.3, -0.25) is 14.5 Å². The van der Waals surface area contributed by atoms with Gasteiger partial charge in [0, 0.05) is 20.3 Å². The van der Waals surface area contributed by atoms with Crippen LogP contribution in [0.3, 0.4) is 0 Å². The van der Waals surface area contributed by atoms with Gasteiger partial charge in [-0.25, -0.2) is 4.68 Å². The van der Waals surface area contributed by atoms with E-state index >= 15 is 0 Å². The van der Waals surface area contributed by atoms with Gasteiger partial charge in [0.25, 0.3) is 0 Å². The molecule has 0 saturated heterocycles. The van der Waals surface area contributed by atoms with Crippen LogP contribution in [-0.2, 0) is 13.6 Å². The molecule has 0 aliphatic rings. The van der Waals surface area contributed by atoms with Gasteiger partial charge in [-0.2, -0.15) is 5.10 Å². The maximum atomic E-state index is 11.3. The number of nitro groups is 1. The van der Waals surface area contributed by atoms with Gasteiger partial charge < -0.3 is 4.90 Å². The van der Waals surface area contributed by atoms with E-state index in [4.69, 9.17) is 0 Å². The fourth-order valence-electron chi connectivity index (χ4n) is 2.56. The summed E-state index contributed by atoms with van der Waals surface area (Å²) in [6, 6.07) is 5.62. The molecule has 0 N–H and O–H groups in total. The average molecular weight is 301 g/mol. The number of pyridine rings is 1. The standard InChI is InChI=1S/C13H15N7O2/c1-9-12(20(21)22)13(18(3)16-9)17(2)8-11-15-14-10-6-4-5-7-19(10)11/h4-7H,8H2,1-3H3.